The first kappa shape index (κ1) is 18.3. The van der Waals surface area contributed by atoms with Gasteiger partial charge in [-0.15, -0.1) is 0 Å². The Morgan fingerprint density at radius 2 is 0.667 bits per heavy atom. The maximum Gasteiger partial charge on any atom is 0.0541 e. The predicted octanol–water partition coefficient (Wildman–Crippen LogP) is 8.19. The summed E-state index contributed by atoms with van der Waals surface area (Å²) in [6.07, 6.45) is 0. The van der Waals surface area contributed by atoms with E-state index in [0.717, 1.165) is 0 Å². The number of hydrogen-bond acceptors (Lipinski definition) is 0. The lowest BCUT2D eigenvalue weighted by molar-refractivity contribution is 1.09. The zero-order chi connectivity index (χ0) is 21.9. The number of para-hydroxylation sites is 4. The minimum absolute atomic E-state index is 1.21. The first-order valence-electron chi connectivity index (χ1n) is 11.4. The van der Waals surface area contributed by atoms with E-state index in [1.807, 2.05) is 0 Å². The Morgan fingerprint density at radius 3 is 1.00 bits per heavy atom. The van der Waals surface area contributed by atoms with Crippen molar-refractivity contribution in [3.05, 3.63) is 121 Å². The quantitative estimate of drug-likeness (QED) is 0.266. The molecule has 0 aliphatic rings. The molecule has 2 nitrogen and oxygen atoms in total. The molecule has 2 heterocycles. The van der Waals surface area contributed by atoms with Gasteiger partial charge in [0.2, 0.25) is 0 Å². The second kappa shape index (κ2) is 6.85. The highest BCUT2D eigenvalue weighted by Crippen LogP contribution is 2.37. The Morgan fingerprint density at radius 1 is 0.364 bits per heavy atom. The normalized spacial score (nSPS) is 11.8. The summed E-state index contributed by atoms with van der Waals surface area (Å²) in [5.41, 5.74) is 8.64. The van der Waals surface area contributed by atoms with Crippen LogP contribution in [-0.4, -0.2) is 9.13 Å². The molecule has 7 rings (SSSR count). The molecule has 0 saturated heterocycles. The molecule has 0 atom stereocenters. The number of nitrogens with zero attached hydrogens (tertiary/aromatic N) is 2. The van der Waals surface area contributed by atoms with Gasteiger partial charge in [-0.2, -0.15) is 0 Å². The van der Waals surface area contributed by atoms with Gasteiger partial charge in [-0.3, -0.25) is 0 Å². The zero-order valence-electron chi connectivity index (χ0n) is 18.4. The molecule has 2 heteroatoms. The van der Waals surface area contributed by atoms with Crippen LogP contribution < -0.4 is 0 Å². The second-order valence-electron chi connectivity index (χ2n) is 8.66. The fourth-order valence-corrected chi connectivity index (χ4v) is 5.46. The van der Waals surface area contributed by atoms with Crippen LogP contribution in [0.25, 0.3) is 55.0 Å². The zero-order valence-corrected chi connectivity index (χ0v) is 18.4. The van der Waals surface area contributed by atoms with Crippen LogP contribution in [-0.2, 0) is 0 Å². The molecule has 2 aromatic heterocycles. The van der Waals surface area contributed by atoms with Crippen LogP contribution in [0.15, 0.2) is 115 Å². The Kier molecular flexibility index (Phi) is 3.80. The average Bonchev–Trinajstić information content (AvgIpc) is 3.38. The summed E-state index contributed by atoms with van der Waals surface area (Å²) in [7, 11) is 0. The molecule has 0 unspecified atom stereocenters. The van der Waals surface area contributed by atoms with Crippen LogP contribution in [0.1, 0.15) is 5.56 Å². The lowest BCUT2D eigenvalue weighted by Crippen LogP contribution is -2.03. The molecular formula is C31H22N2. The van der Waals surface area contributed by atoms with Crippen molar-refractivity contribution >= 4 is 43.6 Å². The van der Waals surface area contributed by atoms with E-state index in [1.165, 1.54) is 60.5 Å². The highest BCUT2D eigenvalue weighted by atomic mass is 15.0. The monoisotopic (exact) mass is 422 g/mol. The minimum Gasteiger partial charge on any atom is -0.309 e. The smallest absolute Gasteiger partial charge is 0.0541 e. The summed E-state index contributed by atoms with van der Waals surface area (Å²) in [6, 6.07) is 41.5. The summed E-state index contributed by atoms with van der Waals surface area (Å²) < 4.78 is 4.83. The van der Waals surface area contributed by atoms with Gasteiger partial charge in [-0.25, -0.2) is 0 Å². The first-order chi connectivity index (χ1) is 16.3. The minimum atomic E-state index is 1.21. The standard InChI is InChI=1S/C31H22N2/c1-21-26(32-28-15-6-2-11-22(28)23-12-3-7-16-29(23)32)19-10-20-27(21)33-30-17-8-4-13-24(30)25-14-5-9-18-31(25)33/h2-20H,1H3. The van der Waals surface area contributed by atoms with Crippen LogP contribution in [0.4, 0.5) is 0 Å². The molecule has 0 N–H and O–H groups in total. The van der Waals surface area contributed by atoms with Gasteiger partial charge in [0.15, 0.2) is 0 Å². The van der Waals surface area contributed by atoms with Gasteiger partial charge < -0.3 is 9.13 Å². The molecule has 156 valence electrons. The SMILES string of the molecule is Cc1c(-n2c3ccccc3c3ccccc32)cccc1-n1c2ccccc2c2ccccc21. The van der Waals surface area contributed by atoms with Gasteiger partial charge in [0.25, 0.3) is 0 Å². The van der Waals surface area contributed by atoms with Crippen LogP contribution in [0.2, 0.25) is 0 Å². The highest BCUT2D eigenvalue weighted by molar-refractivity contribution is 6.10. The van der Waals surface area contributed by atoms with Crippen molar-refractivity contribution in [2.75, 3.05) is 0 Å². The third kappa shape index (κ3) is 2.49. The summed E-state index contributed by atoms with van der Waals surface area (Å²) >= 11 is 0. The molecule has 0 aliphatic heterocycles. The van der Waals surface area contributed by atoms with Crippen molar-refractivity contribution in [2.24, 2.45) is 0 Å². The maximum atomic E-state index is 2.41. The molecule has 5 aromatic carbocycles. The summed E-state index contributed by atoms with van der Waals surface area (Å²) in [6.45, 7) is 2.25. The van der Waals surface area contributed by atoms with E-state index in [0.29, 0.717) is 0 Å². The lowest BCUT2D eigenvalue weighted by Gasteiger charge is -2.17. The van der Waals surface area contributed by atoms with Crippen LogP contribution in [0.5, 0.6) is 0 Å². The van der Waals surface area contributed by atoms with E-state index in [1.54, 1.807) is 0 Å². The summed E-state index contributed by atoms with van der Waals surface area (Å²) in [5, 5.41) is 5.15. The van der Waals surface area contributed by atoms with Gasteiger partial charge in [-0.1, -0.05) is 78.9 Å². The van der Waals surface area contributed by atoms with Gasteiger partial charge >= 0.3 is 0 Å². The summed E-state index contributed by atoms with van der Waals surface area (Å²) in [4.78, 5) is 0. The van der Waals surface area contributed by atoms with Crippen molar-refractivity contribution in [3.8, 4) is 11.4 Å². The number of aromatic nitrogens is 2. The molecule has 7 aromatic rings. The first-order valence-corrected chi connectivity index (χ1v) is 11.4. The number of hydrogen-bond donors (Lipinski definition) is 0. The van der Waals surface area contributed by atoms with E-state index in [9.17, 15) is 0 Å². The Labute approximate surface area is 191 Å². The average molecular weight is 423 g/mol. The van der Waals surface area contributed by atoms with Crippen molar-refractivity contribution < 1.29 is 0 Å². The third-order valence-corrected chi connectivity index (χ3v) is 6.92. The highest BCUT2D eigenvalue weighted by Gasteiger charge is 2.17. The Hall–Kier alpha value is -4.30. The third-order valence-electron chi connectivity index (χ3n) is 6.92. The van der Waals surface area contributed by atoms with Crippen LogP contribution in [0.3, 0.4) is 0 Å². The maximum absolute atomic E-state index is 2.41. The molecule has 0 saturated carbocycles. The van der Waals surface area contributed by atoms with E-state index >= 15 is 0 Å². The fraction of sp³-hybridized carbons (Fsp3) is 0.0323. The Balaban J connectivity index is 1.60. The van der Waals surface area contributed by atoms with Gasteiger partial charge in [0.05, 0.1) is 33.4 Å². The van der Waals surface area contributed by atoms with Crippen molar-refractivity contribution in [3.63, 3.8) is 0 Å². The van der Waals surface area contributed by atoms with Crippen LogP contribution in [0, 0.1) is 6.92 Å². The summed E-state index contributed by atoms with van der Waals surface area (Å²) in [5.74, 6) is 0. The van der Waals surface area contributed by atoms with E-state index in [-0.39, 0.29) is 0 Å². The molecule has 0 fully saturated rings. The van der Waals surface area contributed by atoms with Crippen LogP contribution >= 0.6 is 0 Å². The van der Waals surface area contributed by atoms with Crippen molar-refractivity contribution in [2.45, 2.75) is 6.92 Å². The number of fused-ring (bicyclic) bond motifs is 6. The Bertz CT molecular complexity index is 1590. The van der Waals surface area contributed by atoms with Crippen molar-refractivity contribution in [1.29, 1.82) is 0 Å². The topological polar surface area (TPSA) is 9.86 Å². The van der Waals surface area contributed by atoms with Crippen molar-refractivity contribution in [1.82, 2.24) is 9.13 Å². The van der Waals surface area contributed by atoms with E-state index in [4.69, 9.17) is 0 Å². The molecule has 33 heavy (non-hydrogen) atoms. The predicted molar refractivity (Wildman–Crippen MR) is 140 cm³/mol. The number of benzene rings is 5. The molecule has 0 radical (unpaired) electrons. The van der Waals surface area contributed by atoms with Gasteiger partial charge in [0.1, 0.15) is 0 Å². The second-order valence-corrected chi connectivity index (χ2v) is 8.66. The van der Waals surface area contributed by atoms with E-state index in [2.05, 4.69) is 131 Å². The molecular weight excluding hydrogens is 400 g/mol. The fourth-order valence-electron chi connectivity index (χ4n) is 5.46. The number of rotatable bonds is 2. The molecule has 0 aliphatic carbocycles. The van der Waals surface area contributed by atoms with Gasteiger partial charge in [-0.05, 0) is 48.9 Å². The van der Waals surface area contributed by atoms with E-state index < -0.39 is 0 Å². The molecule has 0 spiro atoms. The largest absolute Gasteiger partial charge is 0.309 e. The lowest BCUT2D eigenvalue weighted by atomic mass is 10.1. The van der Waals surface area contributed by atoms with Gasteiger partial charge in [0, 0.05) is 21.5 Å². The molecule has 0 bridgehead atoms. The molecule has 0 amide bonds.